The molecule has 1 amide bonds. The Morgan fingerprint density at radius 2 is 1.81 bits per heavy atom. The van der Waals surface area contributed by atoms with E-state index < -0.39 is 0 Å². The standard InChI is InChI=1S/C19H19NO/c1-4-15-12(2)18(20-19(15)21)13(3)16-11-7-9-14-8-5-6-10-17(14)16/h5-11H,4H2,1-3H3,(H,20,21)/b18-13+. The van der Waals surface area contributed by atoms with E-state index in [0.29, 0.717) is 0 Å². The van der Waals surface area contributed by atoms with Crippen molar-refractivity contribution in [1.82, 2.24) is 5.32 Å². The molecule has 2 aromatic rings. The predicted octanol–water partition coefficient (Wildman–Crippen LogP) is 4.43. The van der Waals surface area contributed by atoms with E-state index in [1.807, 2.05) is 19.9 Å². The van der Waals surface area contributed by atoms with E-state index in [2.05, 4.69) is 48.6 Å². The number of allylic oxidation sites excluding steroid dienone is 2. The second-order valence-corrected chi connectivity index (χ2v) is 5.44. The summed E-state index contributed by atoms with van der Waals surface area (Å²) in [5, 5.41) is 5.47. The Bertz CT molecular complexity index is 791. The first-order chi connectivity index (χ1) is 10.1. The SMILES string of the molecule is CCC1=C(C)/C(=C(/C)c2cccc3ccccc23)NC1=O. The van der Waals surface area contributed by atoms with Gasteiger partial charge in [-0.3, -0.25) is 4.79 Å². The van der Waals surface area contributed by atoms with E-state index in [9.17, 15) is 4.79 Å². The molecule has 0 saturated carbocycles. The molecule has 0 bridgehead atoms. The molecule has 106 valence electrons. The van der Waals surface area contributed by atoms with E-state index in [0.717, 1.165) is 28.8 Å². The van der Waals surface area contributed by atoms with Crippen LogP contribution in [0.25, 0.3) is 16.3 Å². The van der Waals surface area contributed by atoms with Crippen molar-refractivity contribution in [2.24, 2.45) is 0 Å². The van der Waals surface area contributed by atoms with Crippen LogP contribution in [0.5, 0.6) is 0 Å². The zero-order valence-electron chi connectivity index (χ0n) is 12.7. The monoisotopic (exact) mass is 277 g/mol. The van der Waals surface area contributed by atoms with Gasteiger partial charge >= 0.3 is 0 Å². The van der Waals surface area contributed by atoms with E-state index in [1.165, 1.54) is 16.3 Å². The molecule has 2 aromatic carbocycles. The zero-order valence-corrected chi connectivity index (χ0v) is 12.7. The van der Waals surface area contributed by atoms with Gasteiger partial charge in [0.1, 0.15) is 0 Å². The highest BCUT2D eigenvalue weighted by molar-refractivity contribution is 6.03. The summed E-state index contributed by atoms with van der Waals surface area (Å²) in [6, 6.07) is 14.6. The lowest BCUT2D eigenvalue weighted by Crippen LogP contribution is -2.17. The van der Waals surface area contributed by atoms with Gasteiger partial charge in [-0.1, -0.05) is 49.4 Å². The van der Waals surface area contributed by atoms with Crippen molar-refractivity contribution in [3.8, 4) is 0 Å². The first-order valence-corrected chi connectivity index (χ1v) is 7.34. The van der Waals surface area contributed by atoms with Gasteiger partial charge in [0.15, 0.2) is 0 Å². The third-order valence-corrected chi connectivity index (χ3v) is 4.26. The van der Waals surface area contributed by atoms with Gasteiger partial charge in [-0.2, -0.15) is 0 Å². The molecule has 1 heterocycles. The zero-order chi connectivity index (χ0) is 15.0. The average molecular weight is 277 g/mol. The van der Waals surface area contributed by atoms with Gasteiger partial charge in [-0.25, -0.2) is 0 Å². The Morgan fingerprint density at radius 3 is 2.52 bits per heavy atom. The minimum absolute atomic E-state index is 0.0459. The fourth-order valence-corrected chi connectivity index (χ4v) is 3.09. The number of rotatable bonds is 2. The van der Waals surface area contributed by atoms with E-state index in [4.69, 9.17) is 0 Å². The predicted molar refractivity (Wildman–Crippen MR) is 87.7 cm³/mol. The van der Waals surface area contributed by atoms with Crippen LogP contribution >= 0.6 is 0 Å². The summed E-state index contributed by atoms with van der Waals surface area (Å²) in [4.78, 5) is 12.0. The van der Waals surface area contributed by atoms with Gasteiger partial charge in [0.2, 0.25) is 0 Å². The second kappa shape index (κ2) is 5.21. The van der Waals surface area contributed by atoms with Crippen molar-refractivity contribution in [3.63, 3.8) is 0 Å². The first-order valence-electron chi connectivity index (χ1n) is 7.34. The van der Waals surface area contributed by atoms with Crippen LogP contribution in [0.15, 0.2) is 59.3 Å². The van der Waals surface area contributed by atoms with Gasteiger partial charge in [0.05, 0.1) is 0 Å². The average Bonchev–Trinajstić information content (AvgIpc) is 2.80. The molecule has 0 atom stereocenters. The molecule has 2 heteroatoms. The smallest absolute Gasteiger partial charge is 0.251 e. The highest BCUT2D eigenvalue weighted by atomic mass is 16.1. The van der Waals surface area contributed by atoms with Crippen molar-refractivity contribution in [1.29, 1.82) is 0 Å². The Morgan fingerprint density at radius 1 is 1.10 bits per heavy atom. The number of nitrogens with one attached hydrogen (secondary N) is 1. The number of carbonyl (C=O) groups is 1. The van der Waals surface area contributed by atoms with Crippen molar-refractivity contribution in [2.75, 3.05) is 0 Å². The normalized spacial score (nSPS) is 17.4. The molecule has 0 radical (unpaired) electrons. The first kappa shape index (κ1) is 13.6. The third-order valence-electron chi connectivity index (χ3n) is 4.26. The molecule has 21 heavy (non-hydrogen) atoms. The summed E-state index contributed by atoms with van der Waals surface area (Å²) in [5.41, 5.74) is 5.24. The summed E-state index contributed by atoms with van der Waals surface area (Å²) in [6.07, 6.45) is 0.768. The third kappa shape index (κ3) is 2.17. The van der Waals surface area contributed by atoms with Gasteiger partial charge < -0.3 is 5.32 Å². The highest BCUT2D eigenvalue weighted by Gasteiger charge is 2.24. The van der Waals surface area contributed by atoms with Crippen molar-refractivity contribution >= 4 is 22.3 Å². The molecular formula is C19H19NO. The topological polar surface area (TPSA) is 29.1 Å². The van der Waals surface area contributed by atoms with Crippen LogP contribution in [0.1, 0.15) is 32.8 Å². The minimum atomic E-state index is 0.0459. The Balaban J connectivity index is 2.22. The highest BCUT2D eigenvalue weighted by Crippen LogP contribution is 2.32. The van der Waals surface area contributed by atoms with Crippen LogP contribution in [-0.2, 0) is 4.79 Å². The quantitative estimate of drug-likeness (QED) is 0.864. The van der Waals surface area contributed by atoms with Gasteiger partial charge in [0, 0.05) is 11.3 Å². The van der Waals surface area contributed by atoms with Crippen LogP contribution in [-0.4, -0.2) is 5.91 Å². The van der Waals surface area contributed by atoms with Crippen molar-refractivity contribution < 1.29 is 4.79 Å². The molecular weight excluding hydrogens is 258 g/mol. The molecule has 1 aliphatic rings. The van der Waals surface area contributed by atoms with Crippen LogP contribution in [0.2, 0.25) is 0 Å². The summed E-state index contributed by atoms with van der Waals surface area (Å²) < 4.78 is 0. The number of hydrogen-bond acceptors (Lipinski definition) is 1. The van der Waals surface area contributed by atoms with Gasteiger partial charge in [-0.05, 0) is 47.8 Å². The molecule has 0 saturated heterocycles. The van der Waals surface area contributed by atoms with Crippen LogP contribution < -0.4 is 5.32 Å². The second-order valence-electron chi connectivity index (χ2n) is 5.44. The fraction of sp³-hybridized carbons (Fsp3) is 0.211. The summed E-state index contributed by atoms with van der Waals surface area (Å²) >= 11 is 0. The minimum Gasteiger partial charge on any atom is -0.322 e. The molecule has 1 aliphatic heterocycles. The lowest BCUT2D eigenvalue weighted by Gasteiger charge is -2.11. The van der Waals surface area contributed by atoms with E-state index in [1.54, 1.807) is 0 Å². The van der Waals surface area contributed by atoms with E-state index in [-0.39, 0.29) is 5.91 Å². The number of amides is 1. The maximum atomic E-state index is 12.0. The maximum Gasteiger partial charge on any atom is 0.251 e. The molecule has 0 aliphatic carbocycles. The van der Waals surface area contributed by atoms with Crippen molar-refractivity contribution in [3.05, 3.63) is 64.9 Å². The number of benzene rings is 2. The van der Waals surface area contributed by atoms with Crippen molar-refractivity contribution in [2.45, 2.75) is 27.2 Å². The number of fused-ring (bicyclic) bond motifs is 1. The molecule has 3 rings (SSSR count). The lowest BCUT2D eigenvalue weighted by atomic mass is 9.96. The number of carbonyl (C=O) groups excluding carboxylic acids is 1. The van der Waals surface area contributed by atoms with Crippen LogP contribution in [0, 0.1) is 0 Å². The Labute approximate surface area is 125 Å². The molecule has 2 nitrogen and oxygen atoms in total. The fourth-order valence-electron chi connectivity index (χ4n) is 3.09. The summed E-state index contributed by atoms with van der Waals surface area (Å²) in [7, 11) is 0. The number of hydrogen-bond donors (Lipinski definition) is 1. The molecule has 0 spiro atoms. The van der Waals surface area contributed by atoms with Gasteiger partial charge in [0.25, 0.3) is 5.91 Å². The summed E-state index contributed by atoms with van der Waals surface area (Å²) in [6.45, 7) is 6.13. The summed E-state index contributed by atoms with van der Waals surface area (Å²) in [5.74, 6) is 0.0459. The largest absolute Gasteiger partial charge is 0.322 e. The van der Waals surface area contributed by atoms with E-state index >= 15 is 0 Å². The molecule has 0 unspecified atom stereocenters. The molecule has 0 aromatic heterocycles. The Kier molecular flexibility index (Phi) is 3.38. The molecule has 0 fully saturated rings. The van der Waals surface area contributed by atoms with Crippen LogP contribution in [0.3, 0.4) is 0 Å². The van der Waals surface area contributed by atoms with Gasteiger partial charge in [-0.15, -0.1) is 0 Å². The molecule has 1 N–H and O–H groups in total. The van der Waals surface area contributed by atoms with Crippen LogP contribution in [0.4, 0.5) is 0 Å². The lowest BCUT2D eigenvalue weighted by molar-refractivity contribution is -0.116. The Hall–Kier alpha value is -2.35. The maximum absolute atomic E-state index is 12.0.